The van der Waals surface area contributed by atoms with Crippen LogP contribution in [-0.4, -0.2) is 10.2 Å². The quantitative estimate of drug-likeness (QED) is 0.356. The molecule has 6 heteroatoms. The first kappa shape index (κ1) is 17.8. The number of H-pyrrole nitrogens is 1. The molecule has 4 aromatic rings. The minimum atomic E-state index is -0.278. The highest BCUT2D eigenvalue weighted by Crippen LogP contribution is 2.41. The summed E-state index contributed by atoms with van der Waals surface area (Å²) in [4.78, 5) is 1.37. The molecule has 0 saturated heterocycles. The first-order valence-corrected chi connectivity index (χ1v) is 9.90. The second-order valence-corrected chi connectivity index (χ2v) is 7.78. The zero-order chi connectivity index (χ0) is 18.6. The zero-order valence-electron chi connectivity index (χ0n) is 14.1. The highest BCUT2D eigenvalue weighted by molar-refractivity contribution is 9.10. The van der Waals surface area contributed by atoms with Gasteiger partial charge in [-0.25, -0.2) is 4.39 Å². The van der Waals surface area contributed by atoms with E-state index in [1.54, 1.807) is 6.07 Å². The van der Waals surface area contributed by atoms with E-state index in [1.165, 1.54) is 17.8 Å². The number of hydrogen-bond acceptors (Lipinski definition) is 3. The van der Waals surface area contributed by atoms with Gasteiger partial charge in [-0.15, -0.1) is 0 Å². The van der Waals surface area contributed by atoms with Gasteiger partial charge in [0.2, 0.25) is 0 Å². The van der Waals surface area contributed by atoms with Crippen molar-refractivity contribution in [2.45, 2.75) is 9.79 Å². The van der Waals surface area contributed by atoms with Crippen LogP contribution in [0.1, 0.15) is 0 Å². The topological polar surface area (TPSA) is 40.7 Å². The number of nitrogens with zero attached hydrogens (tertiary/aromatic N) is 1. The van der Waals surface area contributed by atoms with Crippen molar-refractivity contribution in [1.29, 1.82) is 0 Å². The molecule has 0 radical (unpaired) electrons. The highest BCUT2D eigenvalue weighted by atomic mass is 79.9. The van der Waals surface area contributed by atoms with Gasteiger partial charge in [0.15, 0.2) is 5.82 Å². The summed E-state index contributed by atoms with van der Waals surface area (Å²) in [6.45, 7) is 0. The second kappa shape index (κ2) is 7.98. The van der Waals surface area contributed by atoms with Crippen molar-refractivity contribution in [3.05, 3.63) is 89.2 Å². The average Bonchev–Trinajstić information content (AvgIpc) is 3.08. The fraction of sp³-hybridized carbons (Fsp3) is 0. The number of hydrogen-bond donors (Lipinski definition) is 2. The van der Waals surface area contributed by atoms with Crippen LogP contribution >= 0.6 is 27.7 Å². The molecular weight excluding hydrogens is 425 g/mol. The molecule has 0 spiro atoms. The van der Waals surface area contributed by atoms with Crippen LogP contribution < -0.4 is 5.32 Å². The Hall–Kier alpha value is -2.57. The number of anilines is 2. The Kier molecular flexibility index (Phi) is 5.27. The molecular formula is C21H15BrFN3S. The largest absolute Gasteiger partial charge is 0.338 e. The lowest BCUT2D eigenvalue weighted by Crippen LogP contribution is -1.92. The van der Waals surface area contributed by atoms with E-state index in [2.05, 4.69) is 31.4 Å². The van der Waals surface area contributed by atoms with E-state index >= 15 is 0 Å². The molecule has 0 unspecified atom stereocenters. The SMILES string of the molecule is Fc1cc(Br)ccc1Sc1c(Nc2ccccc2)n[nH]c1-c1ccccc1. The van der Waals surface area contributed by atoms with E-state index in [4.69, 9.17) is 0 Å². The fourth-order valence-electron chi connectivity index (χ4n) is 2.64. The maximum atomic E-state index is 14.4. The summed E-state index contributed by atoms with van der Waals surface area (Å²) in [5, 5.41) is 10.9. The Morgan fingerprint density at radius 3 is 2.33 bits per heavy atom. The summed E-state index contributed by atoms with van der Waals surface area (Å²) in [6.07, 6.45) is 0. The molecule has 2 N–H and O–H groups in total. The molecule has 27 heavy (non-hydrogen) atoms. The van der Waals surface area contributed by atoms with Crippen LogP contribution in [0.4, 0.5) is 15.9 Å². The molecule has 0 aliphatic carbocycles. The molecule has 1 aromatic heterocycles. The third-order valence-corrected chi connectivity index (χ3v) is 5.57. The normalized spacial score (nSPS) is 10.7. The summed E-state index contributed by atoms with van der Waals surface area (Å²) in [5.41, 5.74) is 2.76. The number of nitrogens with one attached hydrogen (secondary N) is 2. The van der Waals surface area contributed by atoms with Crippen molar-refractivity contribution in [3.63, 3.8) is 0 Å². The first-order valence-electron chi connectivity index (χ1n) is 8.29. The maximum Gasteiger partial charge on any atom is 0.166 e. The molecule has 0 saturated carbocycles. The van der Waals surface area contributed by atoms with Gasteiger partial charge in [-0.3, -0.25) is 5.10 Å². The predicted molar refractivity (Wildman–Crippen MR) is 112 cm³/mol. The standard InChI is InChI=1S/C21H15BrFN3S/c22-15-11-12-18(17(23)13-15)27-20-19(14-7-3-1-4-8-14)25-26-21(20)24-16-9-5-2-6-10-16/h1-13H,(H2,24,25,26). The lowest BCUT2D eigenvalue weighted by Gasteiger charge is -2.09. The third-order valence-electron chi connectivity index (χ3n) is 3.93. The van der Waals surface area contributed by atoms with Crippen molar-refractivity contribution >= 4 is 39.2 Å². The monoisotopic (exact) mass is 439 g/mol. The molecule has 1 heterocycles. The number of para-hydroxylation sites is 1. The van der Waals surface area contributed by atoms with Gasteiger partial charge >= 0.3 is 0 Å². The Bertz CT molecular complexity index is 1050. The summed E-state index contributed by atoms with van der Waals surface area (Å²) in [6, 6.07) is 24.8. The molecule has 0 fully saturated rings. The van der Waals surface area contributed by atoms with Crippen molar-refractivity contribution in [2.75, 3.05) is 5.32 Å². The second-order valence-electron chi connectivity index (χ2n) is 5.81. The maximum absolute atomic E-state index is 14.4. The summed E-state index contributed by atoms with van der Waals surface area (Å²) in [7, 11) is 0. The smallest absolute Gasteiger partial charge is 0.166 e. The molecule has 0 bridgehead atoms. The van der Waals surface area contributed by atoms with Crippen LogP contribution in [-0.2, 0) is 0 Å². The van der Waals surface area contributed by atoms with E-state index < -0.39 is 0 Å². The Labute approximate surface area is 169 Å². The fourth-order valence-corrected chi connectivity index (χ4v) is 3.95. The van der Waals surface area contributed by atoms with Gasteiger partial charge in [0, 0.05) is 20.6 Å². The lowest BCUT2D eigenvalue weighted by molar-refractivity contribution is 0.601. The van der Waals surface area contributed by atoms with Crippen LogP contribution in [0.15, 0.2) is 93.1 Å². The number of aromatic amines is 1. The molecule has 0 aliphatic rings. The Morgan fingerprint density at radius 1 is 0.926 bits per heavy atom. The average molecular weight is 440 g/mol. The minimum Gasteiger partial charge on any atom is -0.338 e. The number of aromatic nitrogens is 2. The van der Waals surface area contributed by atoms with Gasteiger partial charge in [0.1, 0.15) is 5.82 Å². The molecule has 3 nitrogen and oxygen atoms in total. The Morgan fingerprint density at radius 2 is 1.63 bits per heavy atom. The van der Waals surface area contributed by atoms with Crippen LogP contribution in [0, 0.1) is 5.82 Å². The van der Waals surface area contributed by atoms with Gasteiger partial charge in [-0.05, 0) is 30.3 Å². The van der Waals surface area contributed by atoms with Crippen molar-refractivity contribution < 1.29 is 4.39 Å². The van der Waals surface area contributed by atoms with Crippen molar-refractivity contribution in [1.82, 2.24) is 10.2 Å². The van der Waals surface area contributed by atoms with Crippen LogP contribution in [0.3, 0.4) is 0 Å². The van der Waals surface area contributed by atoms with Crippen molar-refractivity contribution in [2.24, 2.45) is 0 Å². The molecule has 0 amide bonds. The molecule has 4 rings (SSSR count). The molecule has 0 atom stereocenters. The van der Waals surface area contributed by atoms with E-state index in [1.807, 2.05) is 66.7 Å². The first-order chi connectivity index (χ1) is 13.2. The number of rotatable bonds is 5. The van der Waals surface area contributed by atoms with Gasteiger partial charge < -0.3 is 5.32 Å². The molecule has 134 valence electrons. The highest BCUT2D eigenvalue weighted by Gasteiger charge is 2.18. The van der Waals surface area contributed by atoms with E-state index in [0.29, 0.717) is 15.2 Å². The van der Waals surface area contributed by atoms with Gasteiger partial charge in [-0.1, -0.05) is 76.2 Å². The van der Waals surface area contributed by atoms with E-state index in [9.17, 15) is 4.39 Å². The minimum absolute atomic E-state index is 0.278. The van der Waals surface area contributed by atoms with Crippen molar-refractivity contribution in [3.8, 4) is 11.3 Å². The molecule has 0 aliphatic heterocycles. The third kappa shape index (κ3) is 4.07. The lowest BCUT2D eigenvalue weighted by atomic mass is 10.1. The number of halogens is 2. The summed E-state index contributed by atoms with van der Waals surface area (Å²) >= 11 is 4.65. The Balaban J connectivity index is 1.77. The van der Waals surface area contributed by atoms with E-state index in [-0.39, 0.29) is 5.82 Å². The zero-order valence-corrected chi connectivity index (χ0v) is 16.5. The van der Waals surface area contributed by atoms with Crippen LogP contribution in [0.5, 0.6) is 0 Å². The summed E-state index contributed by atoms with van der Waals surface area (Å²) < 4.78 is 15.1. The number of benzene rings is 3. The van der Waals surface area contributed by atoms with Gasteiger partial charge in [0.05, 0.1) is 10.6 Å². The molecule has 3 aromatic carbocycles. The van der Waals surface area contributed by atoms with E-state index in [0.717, 1.165) is 21.8 Å². The van der Waals surface area contributed by atoms with Gasteiger partial charge in [0.25, 0.3) is 0 Å². The summed E-state index contributed by atoms with van der Waals surface area (Å²) in [5.74, 6) is 0.382. The predicted octanol–water partition coefficient (Wildman–Crippen LogP) is 6.87. The van der Waals surface area contributed by atoms with Gasteiger partial charge in [-0.2, -0.15) is 5.10 Å². The van der Waals surface area contributed by atoms with Crippen LogP contribution in [0.2, 0.25) is 0 Å². The van der Waals surface area contributed by atoms with Crippen LogP contribution in [0.25, 0.3) is 11.3 Å².